The van der Waals surface area contributed by atoms with Gasteiger partial charge in [-0.3, -0.25) is 4.79 Å². The summed E-state index contributed by atoms with van der Waals surface area (Å²) in [7, 11) is 0. The molecule has 0 radical (unpaired) electrons. The first kappa shape index (κ1) is 14.4. The summed E-state index contributed by atoms with van der Waals surface area (Å²) in [5, 5.41) is 3.94. The van der Waals surface area contributed by atoms with Crippen LogP contribution in [0.2, 0.25) is 0 Å². The third kappa shape index (κ3) is 5.13. The summed E-state index contributed by atoms with van der Waals surface area (Å²) in [6, 6.07) is 8.19. The minimum absolute atomic E-state index is 0.0416. The minimum Gasteiger partial charge on any atom is -0.273 e. The number of rotatable bonds is 5. The van der Waals surface area contributed by atoms with Crippen molar-refractivity contribution < 1.29 is 4.79 Å². The van der Waals surface area contributed by atoms with Crippen LogP contribution < -0.4 is 5.43 Å². The summed E-state index contributed by atoms with van der Waals surface area (Å²) >= 11 is 0. The van der Waals surface area contributed by atoms with E-state index in [1.165, 1.54) is 5.56 Å². The molecule has 0 saturated heterocycles. The van der Waals surface area contributed by atoms with E-state index in [1.807, 2.05) is 26.0 Å². The Morgan fingerprint density at radius 1 is 1.22 bits per heavy atom. The Labute approximate surface area is 109 Å². The molecule has 0 heterocycles. The van der Waals surface area contributed by atoms with Gasteiger partial charge in [0, 0.05) is 6.42 Å². The molecule has 98 valence electrons. The SMILES string of the molecule is CC(C)CC(=O)N/N=C/c1ccc(C(C)C)cc1. The van der Waals surface area contributed by atoms with E-state index in [0.717, 1.165) is 5.56 Å². The van der Waals surface area contributed by atoms with E-state index in [4.69, 9.17) is 0 Å². The van der Waals surface area contributed by atoms with Crippen molar-refractivity contribution in [1.29, 1.82) is 0 Å². The Bertz CT molecular complexity index is 405. The van der Waals surface area contributed by atoms with Gasteiger partial charge in [0.2, 0.25) is 5.91 Å². The third-order valence-corrected chi connectivity index (χ3v) is 2.60. The second-order valence-electron chi connectivity index (χ2n) is 5.21. The van der Waals surface area contributed by atoms with Crippen LogP contribution in [0.15, 0.2) is 29.4 Å². The monoisotopic (exact) mass is 246 g/mol. The van der Waals surface area contributed by atoms with Gasteiger partial charge in [-0.05, 0) is 23.0 Å². The Morgan fingerprint density at radius 2 is 1.83 bits per heavy atom. The van der Waals surface area contributed by atoms with Crippen molar-refractivity contribution in [3.63, 3.8) is 0 Å². The van der Waals surface area contributed by atoms with Crippen LogP contribution in [0.4, 0.5) is 0 Å². The Balaban J connectivity index is 2.49. The maximum atomic E-state index is 11.4. The average Bonchev–Trinajstić information content (AvgIpc) is 2.28. The molecule has 0 aromatic heterocycles. The van der Waals surface area contributed by atoms with Crippen molar-refractivity contribution >= 4 is 12.1 Å². The molecule has 18 heavy (non-hydrogen) atoms. The Hall–Kier alpha value is -1.64. The summed E-state index contributed by atoms with van der Waals surface area (Å²) in [5.74, 6) is 0.840. The maximum absolute atomic E-state index is 11.4. The van der Waals surface area contributed by atoms with Gasteiger partial charge >= 0.3 is 0 Å². The first-order valence-electron chi connectivity index (χ1n) is 6.41. The van der Waals surface area contributed by atoms with Crippen LogP contribution in [-0.4, -0.2) is 12.1 Å². The fourth-order valence-corrected chi connectivity index (χ4v) is 1.56. The minimum atomic E-state index is -0.0416. The van der Waals surface area contributed by atoms with Gasteiger partial charge in [-0.25, -0.2) is 5.43 Å². The van der Waals surface area contributed by atoms with E-state index >= 15 is 0 Å². The number of hydrazone groups is 1. The molecule has 0 bridgehead atoms. The zero-order chi connectivity index (χ0) is 13.5. The van der Waals surface area contributed by atoms with Crippen LogP contribution in [0.3, 0.4) is 0 Å². The van der Waals surface area contributed by atoms with Crippen molar-refractivity contribution in [1.82, 2.24) is 5.43 Å². The number of benzene rings is 1. The molecule has 0 aliphatic heterocycles. The second-order valence-corrected chi connectivity index (χ2v) is 5.21. The predicted molar refractivity (Wildman–Crippen MR) is 75.7 cm³/mol. The summed E-state index contributed by atoms with van der Waals surface area (Å²) in [4.78, 5) is 11.4. The average molecular weight is 246 g/mol. The van der Waals surface area contributed by atoms with E-state index in [2.05, 4.69) is 36.5 Å². The Morgan fingerprint density at radius 3 is 2.33 bits per heavy atom. The van der Waals surface area contributed by atoms with Gasteiger partial charge in [0.15, 0.2) is 0 Å². The van der Waals surface area contributed by atoms with E-state index in [-0.39, 0.29) is 5.91 Å². The van der Waals surface area contributed by atoms with Crippen molar-refractivity contribution in [2.45, 2.75) is 40.0 Å². The highest BCUT2D eigenvalue weighted by molar-refractivity contribution is 5.82. The maximum Gasteiger partial charge on any atom is 0.240 e. The molecule has 0 saturated carbocycles. The van der Waals surface area contributed by atoms with Crippen LogP contribution in [0.25, 0.3) is 0 Å². The quantitative estimate of drug-likeness (QED) is 0.628. The lowest BCUT2D eigenvalue weighted by molar-refractivity contribution is -0.121. The van der Waals surface area contributed by atoms with E-state index < -0.39 is 0 Å². The van der Waals surface area contributed by atoms with Crippen molar-refractivity contribution in [2.75, 3.05) is 0 Å². The van der Waals surface area contributed by atoms with E-state index in [1.54, 1.807) is 6.21 Å². The molecule has 0 aliphatic rings. The molecular formula is C15H22N2O. The highest BCUT2D eigenvalue weighted by Gasteiger charge is 2.02. The molecular weight excluding hydrogens is 224 g/mol. The number of nitrogens with zero attached hydrogens (tertiary/aromatic N) is 1. The fraction of sp³-hybridized carbons (Fsp3) is 0.467. The highest BCUT2D eigenvalue weighted by Crippen LogP contribution is 2.13. The summed E-state index contributed by atoms with van der Waals surface area (Å²) in [6.07, 6.45) is 2.17. The molecule has 1 amide bonds. The Kier molecular flexibility index (Phi) is 5.56. The van der Waals surface area contributed by atoms with Crippen molar-refractivity contribution in [2.24, 2.45) is 11.0 Å². The van der Waals surface area contributed by atoms with Gasteiger partial charge in [0.05, 0.1) is 6.21 Å². The zero-order valence-electron chi connectivity index (χ0n) is 11.6. The lowest BCUT2D eigenvalue weighted by Crippen LogP contribution is -2.19. The van der Waals surface area contributed by atoms with Gasteiger partial charge in [0.1, 0.15) is 0 Å². The van der Waals surface area contributed by atoms with Gasteiger partial charge in [-0.15, -0.1) is 0 Å². The van der Waals surface area contributed by atoms with Gasteiger partial charge in [-0.2, -0.15) is 5.10 Å². The smallest absolute Gasteiger partial charge is 0.240 e. The molecule has 0 fully saturated rings. The summed E-state index contributed by atoms with van der Waals surface area (Å²) in [6.45, 7) is 8.34. The summed E-state index contributed by atoms with van der Waals surface area (Å²) in [5.41, 5.74) is 4.82. The number of carbonyl (C=O) groups is 1. The lowest BCUT2D eigenvalue weighted by atomic mass is 10.0. The number of amides is 1. The number of carbonyl (C=O) groups excluding carboxylic acids is 1. The highest BCUT2D eigenvalue weighted by atomic mass is 16.2. The molecule has 1 aromatic carbocycles. The molecule has 3 heteroatoms. The van der Waals surface area contributed by atoms with Gasteiger partial charge < -0.3 is 0 Å². The number of nitrogens with one attached hydrogen (secondary N) is 1. The van der Waals surface area contributed by atoms with E-state index in [9.17, 15) is 4.79 Å². The predicted octanol–water partition coefficient (Wildman–Crippen LogP) is 3.31. The second kappa shape index (κ2) is 6.94. The van der Waals surface area contributed by atoms with Crippen molar-refractivity contribution in [3.05, 3.63) is 35.4 Å². The lowest BCUT2D eigenvalue weighted by Gasteiger charge is -2.04. The van der Waals surface area contributed by atoms with Crippen LogP contribution in [-0.2, 0) is 4.79 Å². The standard InChI is InChI=1S/C15H22N2O/c1-11(2)9-15(18)17-16-10-13-5-7-14(8-6-13)12(3)4/h5-8,10-12H,9H2,1-4H3,(H,17,18)/b16-10+. The largest absolute Gasteiger partial charge is 0.273 e. The van der Waals surface area contributed by atoms with Crippen LogP contribution in [0.1, 0.15) is 51.2 Å². The van der Waals surface area contributed by atoms with Gasteiger partial charge in [0.25, 0.3) is 0 Å². The first-order chi connectivity index (χ1) is 8.49. The van der Waals surface area contributed by atoms with Crippen LogP contribution >= 0.6 is 0 Å². The normalized spacial score (nSPS) is 11.4. The molecule has 1 rings (SSSR count). The van der Waals surface area contributed by atoms with Crippen molar-refractivity contribution in [3.8, 4) is 0 Å². The fourth-order valence-electron chi connectivity index (χ4n) is 1.56. The molecule has 0 atom stereocenters. The number of hydrogen-bond donors (Lipinski definition) is 1. The molecule has 3 nitrogen and oxygen atoms in total. The molecule has 1 N–H and O–H groups in total. The van der Waals surface area contributed by atoms with Gasteiger partial charge in [-0.1, -0.05) is 52.0 Å². The van der Waals surface area contributed by atoms with Crippen LogP contribution in [0.5, 0.6) is 0 Å². The molecule has 0 unspecified atom stereocenters. The molecule has 0 aliphatic carbocycles. The third-order valence-electron chi connectivity index (χ3n) is 2.60. The number of hydrogen-bond acceptors (Lipinski definition) is 2. The molecule has 0 spiro atoms. The topological polar surface area (TPSA) is 41.5 Å². The first-order valence-corrected chi connectivity index (χ1v) is 6.41. The van der Waals surface area contributed by atoms with E-state index in [0.29, 0.717) is 18.3 Å². The zero-order valence-corrected chi connectivity index (χ0v) is 11.6. The van der Waals surface area contributed by atoms with Crippen LogP contribution in [0, 0.1) is 5.92 Å². The molecule has 1 aromatic rings. The summed E-state index contributed by atoms with van der Waals surface area (Å²) < 4.78 is 0.